The first-order valence-electron chi connectivity index (χ1n) is 9.06. The number of aromatic amines is 2. The van der Waals surface area contributed by atoms with Crippen LogP contribution < -0.4 is 16.8 Å². The molecule has 8 heteroatoms. The number of nitrogens with two attached hydrogens (primary N) is 2. The van der Waals surface area contributed by atoms with Crippen molar-refractivity contribution < 1.29 is 4.79 Å². The highest BCUT2D eigenvalue weighted by atomic mass is 16.1. The Hall–Kier alpha value is -4.07. The monoisotopic (exact) mass is 387 g/mol. The molecule has 0 unspecified atom stereocenters. The maximum atomic E-state index is 12.7. The summed E-state index contributed by atoms with van der Waals surface area (Å²) in [6.07, 6.45) is 0. The molecule has 0 saturated heterocycles. The first-order valence-corrected chi connectivity index (χ1v) is 9.06. The van der Waals surface area contributed by atoms with Gasteiger partial charge >= 0.3 is 0 Å². The summed E-state index contributed by atoms with van der Waals surface area (Å²) in [7, 11) is 0. The van der Waals surface area contributed by atoms with Crippen molar-refractivity contribution in [2.24, 2.45) is 21.7 Å². The first kappa shape index (κ1) is 18.3. The molecule has 2 aromatic heterocycles. The minimum atomic E-state index is -0.208. The standard InChI is InChI=1S/C21H21N7O/c1-11-7-15-8-16(5-6-17(15)24-11)25-20(29)19-10-14-4-3-13(9-18(14)26-19)12(2)27-28-21(22)23/h3-10,24,26H,1-2H3,(H,25,29)(H4,22,23,28)/b27-12+. The van der Waals surface area contributed by atoms with Crippen LogP contribution in [0.4, 0.5) is 5.69 Å². The molecule has 146 valence electrons. The molecule has 0 atom stereocenters. The van der Waals surface area contributed by atoms with E-state index < -0.39 is 0 Å². The first-order chi connectivity index (χ1) is 13.9. The number of carbonyl (C=O) groups is 1. The number of fused-ring (bicyclic) bond motifs is 2. The number of anilines is 1. The van der Waals surface area contributed by atoms with E-state index in [1.165, 1.54) is 0 Å². The molecule has 0 bridgehead atoms. The van der Waals surface area contributed by atoms with Gasteiger partial charge in [-0.3, -0.25) is 4.79 Å². The van der Waals surface area contributed by atoms with Crippen molar-refractivity contribution in [2.45, 2.75) is 13.8 Å². The third-order valence-corrected chi connectivity index (χ3v) is 4.61. The lowest BCUT2D eigenvalue weighted by molar-refractivity contribution is 0.102. The van der Waals surface area contributed by atoms with E-state index in [4.69, 9.17) is 11.5 Å². The summed E-state index contributed by atoms with van der Waals surface area (Å²) in [6.45, 7) is 3.81. The molecule has 0 radical (unpaired) electrons. The van der Waals surface area contributed by atoms with Crippen molar-refractivity contribution in [3.63, 3.8) is 0 Å². The van der Waals surface area contributed by atoms with Gasteiger partial charge in [-0.25, -0.2) is 0 Å². The number of nitrogens with one attached hydrogen (secondary N) is 3. The Bertz CT molecular complexity index is 1290. The second-order valence-electron chi connectivity index (χ2n) is 6.90. The zero-order valence-electron chi connectivity index (χ0n) is 16.1. The number of hydrogen-bond acceptors (Lipinski definition) is 3. The van der Waals surface area contributed by atoms with E-state index in [-0.39, 0.29) is 11.9 Å². The average molecular weight is 387 g/mol. The van der Waals surface area contributed by atoms with E-state index in [1.807, 2.05) is 62.4 Å². The highest BCUT2D eigenvalue weighted by Gasteiger charge is 2.11. The molecule has 0 aliphatic carbocycles. The van der Waals surface area contributed by atoms with Crippen molar-refractivity contribution in [2.75, 3.05) is 5.32 Å². The molecule has 2 heterocycles. The van der Waals surface area contributed by atoms with Crippen molar-refractivity contribution in [1.29, 1.82) is 0 Å². The minimum Gasteiger partial charge on any atom is -0.369 e. The number of rotatable bonds is 4. The molecular formula is C21H21N7O. The van der Waals surface area contributed by atoms with Crippen LogP contribution in [0.5, 0.6) is 0 Å². The summed E-state index contributed by atoms with van der Waals surface area (Å²) < 4.78 is 0. The molecule has 1 amide bonds. The molecule has 4 rings (SSSR count). The number of carbonyl (C=O) groups excluding carboxylic acids is 1. The smallest absolute Gasteiger partial charge is 0.272 e. The van der Waals surface area contributed by atoms with E-state index in [1.54, 1.807) is 0 Å². The molecule has 0 saturated carbocycles. The van der Waals surface area contributed by atoms with Gasteiger partial charge in [0.1, 0.15) is 5.69 Å². The van der Waals surface area contributed by atoms with Gasteiger partial charge in [0.2, 0.25) is 5.96 Å². The largest absolute Gasteiger partial charge is 0.369 e. The van der Waals surface area contributed by atoms with Crippen molar-refractivity contribution in [3.8, 4) is 0 Å². The Labute approximate surface area is 166 Å². The van der Waals surface area contributed by atoms with Crippen LogP contribution in [0.25, 0.3) is 21.8 Å². The highest BCUT2D eigenvalue weighted by Crippen LogP contribution is 2.22. The van der Waals surface area contributed by atoms with Gasteiger partial charge in [0.05, 0.1) is 5.71 Å². The topological polar surface area (TPSA) is 137 Å². The van der Waals surface area contributed by atoms with Crippen molar-refractivity contribution in [1.82, 2.24) is 9.97 Å². The summed E-state index contributed by atoms with van der Waals surface area (Å²) in [6, 6.07) is 15.4. The highest BCUT2D eigenvalue weighted by molar-refractivity contribution is 6.08. The zero-order valence-corrected chi connectivity index (χ0v) is 16.1. The zero-order chi connectivity index (χ0) is 20.5. The van der Waals surface area contributed by atoms with E-state index in [0.717, 1.165) is 38.8 Å². The number of aryl methyl sites for hydroxylation is 1. The molecule has 29 heavy (non-hydrogen) atoms. The third kappa shape index (κ3) is 3.81. The minimum absolute atomic E-state index is 0.0998. The van der Waals surface area contributed by atoms with E-state index in [2.05, 4.69) is 25.5 Å². The van der Waals surface area contributed by atoms with Crippen LogP contribution in [0.1, 0.15) is 28.7 Å². The summed E-state index contributed by atoms with van der Waals surface area (Å²) >= 11 is 0. The summed E-state index contributed by atoms with van der Waals surface area (Å²) in [5, 5.41) is 12.6. The van der Waals surface area contributed by atoms with E-state index >= 15 is 0 Å². The number of guanidine groups is 1. The fourth-order valence-electron chi connectivity index (χ4n) is 3.22. The Kier molecular flexibility index (Phi) is 4.52. The molecule has 0 fully saturated rings. The molecule has 7 N–H and O–H groups in total. The number of aromatic nitrogens is 2. The number of benzene rings is 2. The molecule has 8 nitrogen and oxygen atoms in total. The number of hydrogen-bond donors (Lipinski definition) is 5. The quantitative estimate of drug-likeness (QED) is 0.209. The van der Waals surface area contributed by atoms with Gasteiger partial charge in [0, 0.05) is 33.2 Å². The molecule has 0 aliphatic rings. The van der Waals surface area contributed by atoms with Gasteiger partial charge in [-0.1, -0.05) is 12.1 Å². The molecule has 2 aromatic carbocycles. The van der Waals surface area contributed by atoms with Crippen molar-refractivity contribution in [3.05, 3.63) is 65.5 Å². The van der Waals surface area contributed by atoms with Crippen LogP contribution in [0, 0.1) is 6.92 Å². The predicted octanol–water partition coefficient (Wildman–Crippen LogP) is 3.21. The van der Waals surface area contributed by atoms with Crippen LogP contribution in [0.3, 0.4) is 0 Å². The number of amides is 1. The second kappa shape index (κ2) is 7.16. The second-order valence-corrected chi connectivity index (χ2v) is 6.90. The van der Waals surface area contributed by atoms with E-state index in [0.29, 0.717) is 11.4 Å². The van der Waals surface area contributed by atoms with Gasteiger partial charge < -0.3 is 26.8 Å². The lowest BCUT2D eigenvalue weighted by Crippen LogP contribution is -2.22. The summed E-state index contributed by atoms with van der Waals surface area (Å²) in [5.74, 6) is -0.308. The molecule has 0 aliphatic heterocycles. The van der Waals surface area contributed by atoms with Crippen LogP contribution in [-0.4, -0.2) is 27.5 Å². The van der Waals surface area contributed by atoms with Gasteiger partial charge in [-0.05, 0) is 55.8 Å². The Morgan fingerprint density at radius 1 is 0.931 bits per heavy atom. The average Bonchev–Trinajstić information content (AvgIpc) is 3.27. The van der Waals surface area contributed by atoms with E-state index in [9.17, 15) is 4.79 Å². The van der Waals surface area contributed by atoms with Crippen LogP contribution in [0.2, 0.25) is 0 Å². The van der Waals surface area contributed by atoms with Gasteiger partial charge in [0.15, 0.2) is 0 Å². The SMILES string of the molecule is C/C(=N\N=C(N)N)c1ccc2cc(C(=O)Nc3ccc4[nH]c(C)cc4c3)[nH]c2c1. The maximum absolute atomic E-state index is 12.7. The summed E-state index contributed by atoms with van der Waals surface area (Å²) in [5.41, 5.74) is 16.3. The molecule has 4 aromatic rings. The van der Waals surface area contributed by atoms with Crippen LogP contribution >= 0.6 is 0 Å². The third-order valence-electron chi connectivity index (χ3n) is 4.61. The fraction of sp³-hybridized carbons (Fsp3) is 0.0952. The Morgan fingerprint density at radius 2 is 1.76 bits per heavy atom. The molecule has 0 spiro atoms. The Balaban J connectivity index is 1.58. The lowest BCUT2D eigenvalue weighted by Gasteiger charge is -2.03. The maximum Gasteiger partial charge on any atom is 0.272 e. The van der Waals surface area contributed by atoms with Crippen LogP contribution in [0.15, 0.2) is 58.7 Å². The van der Waals surface area contributed by atoms with Crippen molar-refractivity contribution >= 4 is 45.1 Å². The summed E-state index contributed by atoms with van der Waals surface area (Å²) in [4.78, 5) is 19.1. The van der Waals surface area contributed by atoms with Gasteiger partial charge in [-0.2, -0.15) is 5.10 Å². The fourth-order valence-corrected chi connectivity index (χ4v) is 3.22. The number of nitrogens with zero attached hydrogens (tertiary/aromatic N) is 2. The Morgan fingerprint density at radius 3 is 2.55 bits per heavy atom. The normalized spacial score (nSPS) is 11.7. The molecular weight excluding hydrogens is 366 g/mol. The number of H-pyrrole nitrogens is 2. The van der Waals surface area contributed by atoms with Crippen LogP contribution in [-0.2, 0) is 0 Å². The van der Waals surface area contributed by atoms with Gasteiger partial charge in [0.25, 0.3) is 5.91 Å². The lowest BCUT2D eigenvalue weighted by atomic mass is 10.1. The van der Waals surface area contributed by atoms with Gasteiger partial charge in [-0.15, -0.1) is 5.10 Å². The predicted molar refractivity (Wildman–Crippen MR) is 117 cm³/mol.